The molecule has 0 saturated carbocycles. The van der Waals surface area contributed by atoms with Crippen LogP contribution < -0.4 is 0 Å². The molecule has 16 bridgehead atoms. The van der Waals surface area contributed by atoms with E-state index in [4.69, 9.17) is 15.0 Å². The molecule has 4 N–H and O–H groups in total. The van der Waals surface area contributed by atoms with Crippen molar-refractivity contribution >= 4 is 56.3 Å². The summed E-state index contributed by atoms with van der Waals surface area (Å²) in [5, 5.41) is 0. The highest BCUT2D eigenvalue weighted by atomic mass is 14.8. The summed E-state index contributed by atoms with van der Waals surface area (Å²) in [5.41, 5.74) is 17.3. The van der Waals surface area contributed by atoms with Crippen molar-refractivity contribution in [3.05, 3.63) is 143 Å². The Morgan fingerprint density at radius 1 is 0.292 bits per heavy atom. The lowest BCUT2D eigenvalue weighted by Crippen LogP contribution is -1.78. The summed E-state index contributed by atoms with van der Waals surface area (Å²) in [6.45, 7) is 0. The van der Waals surface area contributed by atoms with E-state index in [1.807, 2.05) is 12.2 Å². The first-order valence-electron chi connectivity index (χ1n) is 16.6. The Morgan fingerprint density at radius 3 is 0.771 bits per heavy atom. The van der Waals surface area contributed by atoms with Crippen molar-refractivity contribution in [2.75, 3.05) is 0 Å². The van der Waals surface area contributed by atoms with Crippen LogP contribution in [0.1, 0.15) is 45.6 Å². The van der Waals surface area contributed by atoms with Crippen molar-refractivity contribution in [1.82, 2.24) is 39.9 Å². The normalized spacial score (nSPS) is 13.7. The van der Waals surface area contributed by atoms with Gasteiger partial charge < -0.3 is 19.9 Å². The Balaban J connectivity index is 0.000000131. The van der Waals surface area contributed by atoms with Crippen LogP contribution in [-0.2, 0) is 38.5 Å². The number of fused-ring (bicyclic) bond motifs is 16. The van der Waals surface area contributed by atoms with E-state index in [0.717, 1.165) is 128 Å². The zero-order valence-electron chi connectivity index (χ0n) is 26.4. The standard InChI is InChI=1S/C20H18N4.C20H16N4/c2*1-2-14-10-16-5-6-18(23-16)12-20-8-7-19(24-20)11-17-4-3-15(22-17)9-13(1)21-14/h1-2,7-12,21,24H,3-6H2;1-6,9-12,22-23H,7-8H2. The predicted molar refractivity (Wildman–Crippen MR) is 193 cm³/mol. The molecule has 234 valence electrons. The van der Waals surface area contributed by atoms with E-state index in [0.29, 0.717) is 0 Å². The van der Waals surface area contributed by atoms with Crippen molar-refractivity contribution in [3.63, 3.8) is 0 Å². The molecule has 0 fully saturated rings. The second-order valence-electron chi connectivity index (χ2n) is 12.7. The summed E-state index contributed by atoms with van der Waals surface area (Å²) in [7, 11) is 0. The Hall–Kier alpha value is -6.02. The maximum Gasteiger partial charge on any atom is 0.0658 e. The monoisotopic (exact) mass is 626 g/mol. The highest BCUT2D eigenvalue weighted by molar-refractivity contribution is 5.75. The zero-order valence-corrected chi connectivity index (χ0v) is 26.4. The van der Waals surface area contributed by atoms with Gasteiger partial charge in [-0.1, -0.05) is 0 Å². The molecular weight excluding hydrogens is 592 g/mol. The molecule has 0 spiro atoms. The first-order chi connectivity index (χ1) is 23.6. The van der Waals surface area contributed by atoms with Crippen LogP contribution in [0.4, 0.5) is 0 Å². The lowest BCUT2D eigenvalue weighted by molar-refractivity contribution is 1.02. The van der Waals surface area contributed by atoms with E-state index in [1.165, 1.54) is 0 Å². The third-order valence-electron chi connectivity index (χ3n) is 8.92. The molecule has 0 saturated heterocycles. The fraction of sp³-hybridized carbons (Fsp3) is 0.150. The zero-order chi connectivity index (χ0) is 31.9. The third-order valence-corrected chi connectivity index (χ3v) is 8.92. The summed E-state index contributed by atoms with van der Waals surface area (Å²) >= 11 is 0. The minimum absolute atomic E-state index is 0.953. The van der Waals surface area contributed by atoms with Gasteiger partial charge in [0.25, 0.3) is 0 Å². The van der Waals surface area contributed by atoms with Crippen molar-refractivity contribution in [1.29, 1.82) is 0 Å². The van der Waals surface area contributed by atoms with Gasteiger partial charge in [-0.05, 0) is 148 Å². The van der Waals surface area contributed by atoms with Crippen LogP contribution in [-0.4, -0.2) is 39.9 Å². The molecule has 0 aromatic carbocycles. The molecule has 10 rings (SSSR count). The fourth-order valence-corrected chi connectivity index (χ4v) is 6.63. The Labute approximate surface area is 276 Å². The Morgan fingerprint density at radius 2 is 0.521 bits per heavy atom. The molecular formula is C40H34N8. The lowest BCUT2D eigenvalue weighted by atomic mass is 10.2. The topological polar surface area (TPSA) is 115 Å². The predicted octanol–water partition coefficient (Wildman–Crippen LogP) is 8.16. The van der Waals surface area contributed by atoms with Gasteiger partial charge in [0, 0.05) is 78.3 Å². The van der Waals surface area contributed by atoms with E-state index in [1.54, 1.807) is 0 Å². The molecule has 6 aromatic heterocycles. The lowest BCUT2D eigenvalue weighted by Gasteiger charge is -1.85. The number of aryl methyl sites for hydroxylation is 6. The van der Waals surface area contributed by atoms with Gasteiger partial charge in [-0.15, -0.1) is 0 Å². The summed E-state index contributed by atoms with van der Waals surface area (Å²) in [5.74, 6) is 0. The van der Waals surface area contributed by atoms with Gasteiger partial charge in [0.2, 0.25) is 0 Å². The van der Waals surface area contributed by atoms with E-state index in [2.05, 4.69) is 122 Å². The van der Waals surface area contributed by atoms with Crippen LogP contribution in [0.3, 0.4) is 0 Å². The third kappa shape index (κ3) is 6.33. The molecule has 6 aromatic rings. The van der Waals surface area contributed by atoms with Crippen LogP contribution >= 0.6 is 0 Å². The molecule has 8 heteroatoms. The van der Waals surface area contributed by atoms with Crippen molar-refractivity contribution in [3.8, 4) is 0 Å². The Bertz CT molecular complexity index is 2290. The van der Waals surface area contributed by atoms with Gasteiger partial charge in [0.1, 0.15) is 0 Å². The maximum absolute atomic E-state index is 4.76. The van der Waals surface area contributed by atoms with Gasteiger partial charge in [-0.25, -0.2) is 4.98 Å². The number of aromatic amines is 4. The fourth-order valence-electron chi connectivity index (χ4n) is 6.63. The van der Waals surface area contributed by atoms with Gasteiger partial charge in [0.15, 0.2) is 0 Å². The van der Waals surface area contributed by atoms with Crippen molar-refractivity contribution < 1.29 is 0 Å². The quantitative estimate of drug-likeness (QED) is 0.136. The highest BCUT2D eigenvalue weighted by Gasteiger charge is 2.09. The van der Waals surface area contributed by atoms with E-state index in [9.17, 15) is 0 Å². The van der Waals surface area contributed by atoms with Gasteiger partial charge in [-0.3, -0.25) is 15.0 Å². The number of nitrogens with zero attached hydrogens (tertiary/aromatic N) is 4. The minimum Gasteiger partial charge on any atom is -0.355 e. The number of hydrogen-bond donors (Lipinski definition) is 4. The van der Waals surface area contributed by atoms with Gasteiger partial charge >= 0.3 is 0 Å². The minimum atomic E-state index is 0.953. The smallest absolute Gasteiger partial charge is 0.0658 e. The molecule has 0 unspecified atom stereocenters. The van der Waals surface area contributed by atoms with E-state index < -0.39 is 0 Å². The maximum atomic E-state index is 4.76. The summed E-state index contributed by atoms with van der Waals surface area (Å²) in [6.07, 6.45) is 10.0. The number of hydrogen-bond acceptors (Lipinski definition) is 4. The first kappa shape index (κ1) is 28.2. The summed E-state index contributed by atoms with van der Waals surface area (Å²) in [4.78, 5) is 32.6. The average molecular weight is 627 g/mol. The number of rotatable bonds is 0. The number of aromatic nitrogens is 8. The molecule has 0 radical (unpaired) electrons. The molecule has 48 heavy (non-hydrogen) atoms. The summed E-state index contributed by atoms with van der Waals surface area (Å²) in [6, 6.07) is 33.7. The van der Waals surface area contributed by atoms with E-state index in [-0.39, 0.29) is 0 Å². The molecule has 4 aliphatic heterocycles. The second kappa shape index (κ2) is 12.0. The molecule has 10 heterocycles. The number of nitrogens with one attached hydrogen (secondary N) is 4. The van der Waals surface area contributed by atoms with Crippen LogP contribution in [0, 0.1) is 0 Å². The van der Waals surface area contributed by atoms with Gasteiger partial charge in [0.05, 0.1) is 11.4 Å². The molecule has 0 amide bonds. The first-order valence-corrected chi connectivity index (χ1v) is 16.6. The van der Waals surface area contributed by atoms with Crippen LogP contribution in [0.25, 0.3) is 56.3 Å². The molecule has 0 atom stereocenters. The van der Waals surface area contributed by atoms with Crippen LogP contribution in [0.5, 0.6) is 0 Å². The van der Waals surface area contributed by atoms with Crippen LogP contribution in [0.2, 0.25) is 0 Å². The van der Waals surface area contributed by atoms with Gasteiger partial charge in [-0.2, -0.15) is 0 Å². The van der Waals surface area contributed by atoms with E-state index >= 15 is 0 Å². The second-order valence-corrected chi connectivity index (χ2v) is 12.7. The SMILES string of the molecule is C1=Cc2cc3ccc(cc4nc(cc5ccc(cc1n2)[nH]5)CC4)[nH]3.c1cc2cc3nc(cc4ccc(cc5nc(cc1[nH]2)CC5)[nH]4)CC3. The summed E-state index contributed by atoms with van der Waals surface area (Å²) < 4.78 is 0. The molecule has 4 aliphatic rings. The number of H-pyrrole nitrogens is 4. The highest BCUT2D eigenvalue weighted by Crippen LogP contribution is 2.18. The van der Waals surface area contributed by atoms with Crippen molar-refractivity contribution in [2.45, 2.75) is 38.5 Å². The largest absolute Gasteiger partial charge is 0.355 e. The molecule has 0 aliphatic carbocycles. The molecule has 8 nitrogen and oxygen atoms in total. The van der Waals surface area contributed by atoms with Crippen molar-refractivity contribution in [2.24, 2.45) is 0 Å². The Kier molecular flexibility index (Phi) is 7.04. The van der Waals surface area contributed by atoms with Crippen LogP contribution in [0.15, 0.2) is 97.1 Å². The average Bonchev–Trinajstić information content (AvgIpc) is 3.91.